The standard InChI is InChI=1S/C28H62P2.2H2O/c1-23(2,3)29(24(4,5)6,25(7,8)9)21-19-20-22-30(26(10,11)12,27(13,14)15)28(16,17)18;;/h19-22H2,1-18H3;2*1H2/q+2;;/p-2. The van der Waals surface area contributed by atoms with E-state index in [1.165, 1.54) is 25.2 Å². The molecule has 0 rings (SSSR count). The summed E-state index contributed by atoms with van der Waals surface area (Å²) in [5.41, 5.74) is 0. The second-order valence-electron chi connectivity index (χ2n) is 15.8. The highest BCUT2D eigenvalue weighted by atomic mass is 31.2. The topological polar surface area (TPSA) is 60.0 Å². The van der Waals surface area contributed by atoms with Crippen molar-refractivity contribution in [2.24, 2.45) is 0 Å². The van der Waals surface area contributed by atoms with Crippen molar-refractivity contribution in [3.63, 3.8) is 0 Å². The van der Waals surface area contributed by atoms with E-state index >= 15 is 0 Å². The minimum Gasteiger partial charge on any atom is -0.870 e. The van der Waals surface area contributed by atoms with Crippen molar-refractivity contribution in [1.29, 1.82) is 0 Å². The van der Waals surface area contributed by atoms with Gasteiger partial charge in [0.15, 0.2) is 0 Å². The van der Waals surface area contributed by atoms with Gasteiger partial charge < -0.3 is 11.0 Å². The zero-order valence-electron chi connectivity index (χ0n) is 25.6. The average Bonchev–Trinajstić information content (AvgIpc) is 2.32. The Morgan fingerprint density at radius 3 is 0.531 bits per heavy atom. The van der Waals surface area contributed by atoms with Gasteiger partial charge in [-0.3, -0.25) is 0 Å². The SMILES string of the molecule is CC(C)(C)[P+](CCCC[P+](C(C)(C)C)(C(C)(C)C)C(C)(C)C)(C(C)(C)C)C(C)(C)C.[OH-].[OH-]. The maximum absolute atomic E-state index is 2.54. The van der Waals surface area contributed by atoms with Crippen LogP contribution in [-0.2, 0) is 0 Å². The summed E-state index contributed by atoms with van der Waals surface area (Å²) >= 11 is 0. The Labute approximate surface area is 206 Å². The molecule has 0 aliphatic heterocycles. The molecule has 0 aromatic carbocycles. The fourth-order valence-corrected chi connectivity index (χ4v) is 26.2. The Morgan fingerprint density at radius 2 is 0.438 bits per heavy atom. The van der Waals surface area contributed by atoms with Gasteiger partial charge in [0, 0.05) is 14.5 Å². The van der Waals surface area contributed by atoms with E-state index in [1.54, 1.807) is 0 Å². The van der Waals surface area contributed by atoms with Gasteiger partial charge in [0.2, 0.25) is 0 Å². The number of hydrogen-bond acceptors (Lipinski definition) is 2. The highest BCUT2D eigenvalue weighted by molar-refractivity contribution is 7.80. The molecule has 0 saturated heterocycles. The normalized spacial score (nSPS) is 15.2. The van der Waals surface area contributed by atoms with Crippen LogP contribution in [0.5, 0.6) is 0 Å². The molecule has 0 spiro atoms. The van der Waals surface area contributed by atoms with Crippen LogP contribution in [0.1, 0.15) is 137 Å². The Bertz CT molecular complexity index is 429. The molecule has 198 valence electrons. The van der Waals surface area contributed by atoms with Gasteiger partial charge in [-0.05, 0) is 137 Å². The van der Waals surface area contributed by atoms with Gasteiger partial charge in [0.1, 0.15) is 0 Å². The Hall–Kier alpha value is 0.780. The van der Waals surface area contributed by atoms with E-state index in [2.05, 4.69) is 125 Å². The van der Waals surface area contributed by atoms with Gasteiger partial charge in [0.25, 0.3) is 0 Å². The molecule has 0 heterocycles. The van der Waals surface area contributed by atoms with Gasteiger partial charge >= 0.3 is 0 Å². The first-order chi connectivity index (χ1) is 12.7. The minimum atomic E-state index is -1.24. The quantitative estimate of drug-likeness (QED) is 0.282. The van der Waals surface area contributed by atoms with E-state index in [4.69, 9.17) is 0 Å². The summed E-state index contributed by atoms with van der Waals surface area (Å²) in [6.45, 7) is 45.6. The van der Waals surface area contributed by atoms with Crippen LogP contribution in [0.2, 0.25) is 0 Å². The van der Waals surface area contributed by atoms with Crippen molar-refractivity contribution in [2.45, 2.75) is 168 Å². The monoisotopic (exact) mass is 494 g/mol. The second-order valence-corrected chi connectivity index (χ2v) is 28.0. The Balaban J connectivity index is -0.00000420. The smallest absolute Gasteiger partial charge is 0.0725 e. The summed E-state index contributed by atoms with van der Waals surface area (Å²) in [5, 5.41) is 2.30. The molecule has 4 heteroatoms. The van der Waals surface area contributed by atoms with E-state index in [9.17, 15) is 0 Å². The fraction of sp³-hybridized carbons (Fsp3) is 1.00. The van der Waals surface area contributed by atoms with E-state index in [1.807, 2.05) is 0 Å². The maximum atomic E-state index is 2.54. The Kier molecular flexibility index (Phi) is 12.6. The zero-order valence-corrected chi connectivity index (χ0v) is 27.4. The molecule has 0 radical (unpaired) electrons. The van der Waals surface area contributed by atoms with Crippen molar-refractivity contribution >= 4 is 14.5 Å². The third kappa shape index (κ3) is 6.71. The van der Waals surface area contributed by atoms with E-state index in [0.29, 0.717) is 30.9 Å². The summed E-state index contributed by atoms with van der Waals surface area (Å²) in [4.78, 5) is 0. The van der Waals surface area contributed by atoms with Crippen LogP contribution in [0.15, 0.2) is 0 Å². The fourth-order valence-electron chi connectivity index (χ4n) is 8.75. The predicted molar refractivity (Wildman–Crippen MR) is 155 cm³/mol. The van der Waals surface area contributed by atoms with Crippen molar-refractivity contribution < 1.29 is 11.0 Å². The maximum Gasteiger partial charge on any atom is 0.0725 e. The van der Waals surface area contributed by atoms with Crippen LogP contribution in [0.4, 0.5) is 0 Å². The molecule has 0 aromatic rings. The van der Waals surface area contributed by atoms with Gasteiger partial charge in [0.05, 0.1) is 43.3 Å². The first-order valence-electron chi connectivity index (χ1n) is 12.5. The Morgan fingerprint density at radius 1 is 0.312 bits per heavy atom. The van der Waals surface area contributed by atoms with Crippen molar-refractivity contribution in [3.8, 4) is 0 Å². The highest BCUT2D eigenvalue weighted by Gasteiger charge is 2.65. The molecular weight excluding hydrogens is 430 g/mol. The molecule has 0 saturated carbocycles. The van der Waals surface area contributed by atoms with Gasteiger partial charge in [-0.2, -0.15) is 0 Å². The number of rotatable bonds is 5. The van der Waals surface area contributed by atoms with E-state index in [-0.39, 0.29) is 11.0 Å². The van der Waals surface area contributed by atoms with Crippen LogP contribution >= 0.6 is 14.5 Å². The summed E-state index contributed by atoms with van der Waals surface area (Å²) in [5.74, 6) is 0. The van der Waals surface area contributed by atoms with Crippen LogP contribution in [0.25, 0.3) is 0 Å². The van der Waals surface area contributed by atoms with E-state index < -0.39 is 14.5 Å². The molecule has 0 fully saturated rings. The summed E-state index contributed by atoms with van der Waals surface area (Å²) in [6.07, 6.45) is 5.65. The lowest BCUT2D eigenvalue weighted by atomic mass is 10.2. The summed E-state index contributed by atoms with van der Waals surface area (Å²) < 4.78 is 0. The van der Waals surface area contributed by atoms with Crippen molar-refractivity contribution in [2.75, 3.05) is 12.3 Å². The molecular formula is C28H64O2P2. The zero-order chi connectivity index (χ0) is 24.8. The van der Waals surface area contributed by atoms with Crippen molar-refractivity contribution in [3.05, 3.63) is 0 Å². The first-order valence-corrected chi connectivity index (χ1v) is 16.4. The van der Waals surface area contributed by atoms with E-state index in [0.717, 1.165) is 0 Å². The highest BCUT2D eigenvalue weighted by Crippen LogP contribution is 2.85. The third-order valence-corrected chi connectivity index (χ3v) is 23.8. The molecule has 0 unspecified atom stereocenters. The lowest BCUT2D eigenvalue weighted by Crippen LogP contribution is -2.46. The number of unbranched alkanes of at least 4 members (excludes halogenated alkanes) is 1. The molecule has 2 nitrogen and oxygen atoms in total. The van der Waals surface area contributed by atoms with Crippen LogP contribution < -0.4 is 0 Å². The molecule has 2 N–H and O–H groups in total. The van der Waals surface area contributed by atoms with Crippen LogP contribution in [0.3, 0.4) is 0 Å². The largest absolute Gasteiger partial charge is 0.870 e. The minimum absolute atomic E-state index is 0. The van der Waals surface area contributed by atoms with Gasteiger partial charge in [-0.15, -0.1) is 0 Å². The lowest BCUT2D eigenvalue weighted by Gasteiger charge is -2.55. The van der Waals surface area contributed by atoms with Gasteiger partial charge in [-0.1, -0.05) is 0 Å². The average molecular weight is 495 g/mol. The second kappa shape index (κ2) is 10.8. The summed E-state index contributed by atoms with van der Waals surface area (Å²) in [7, 11) is -2.48. The molecule has 32 heavy (non-hydrogen) atoms. The van der Waals surface area contributed by atoms with Crippen LogP contribution in [0, 0.1) is 0 Å². The molecule has 0 atom stereocenters. The first kappa shape index (κ1) is 37.3. The molecule has 0 aromatic heterocycles. The summed E-state index contributed by atoms with van der Waals surface area (Å²) in [6, 6.07) is 0. The third-order valence-electron chi connectivity index (χ3n) is 8.11. The predicted octanol–water partition coefficient (Wildman–Crippen LogP) is 10.2. The molecule has 0 bridgehead atoms. The number of hydrogen-bond donors (Lipinski definition) is 0. The molecule has 0 aliphatic rings. The van der Waals surface area contributed by atoms with Gasteiger partial charge in [-0.25, -0.2) is 0 Å². The lowest BCUT2D eigenvalue weighted by molar-refractivity contribution is 0.599. The van der Waals surface area contributed by atoms with Crippen molar-refractivity contribution in [1.82, 2.24) is 0 Å². The molecule has 0 amide bonds. The molecule has 0 aliphatic carbocycles. The van der Waals surface area contributed by atoms with Crippen LogP contribution in [-0.4, -0.2) is 54.2 Å².